The van der Waals surface area contributed by atoms with Crippen LogP contribution in [0.25, 0.3) is 99.7 Å². The summed E-state index contributed by atoms with van der Waals surface area (Å²) >= 11 is 0. The molecule has 10 rings (SSSR count). The van der Waals surface area contributed by atoms with Crippen LogP contribution in [0.15, 0.2) is 121 Å². The van der Waals surface area contributed by atoms with E-state index in [0.717, 1.165) is 113 Å². The van der Waals surface area contributed by atoms with Crippen molar-refractivity contribution >= 4 is 54.6 Å². The average molecular weight is 632 g/mol. The van der Waals surface area contributed by atoms with Gasteiger partial charge < -0.3 is 15.0 Å². The van der Waals surface area contributed by atoms with Gasteiger partial charge in [0.1, 0.15) is 0 Å². The average Bonchev–Trinajstić information content (AvgIpc) is 3.94. The molecule has 2 aliphatic rings. The van der Waals surface area contributed by atoms with E-state index < -0.39 is 0 Å². The summed E-state index contributed by atoms with van der Waals surface area (Å²) in [4.78, 5) is 22.1. The van der Waals surface area contributed by atoms with E-state index in [4.69, 9.17) is 9.97 Å². The fraction of sp³-hybridized carbons (Fsp3) is 0.0909. The highest BCUT2D eigenvalue weighted by molar-refractivity contribution is 6.20. The molecule has 0 unspecified atom stereocenters. The molecule has 4 aromatic carbocycles. The first-order valence-corrected chi connectivity index (χ1v) is 17.1. The van der Waals surface area contributed by atoms with Crippen molar-refractivity contribution < 1.29 is 0 Å². The second kappa shape index (κ2) is 10.7. The van der Waals surface area contributed by atoms with E-state index in [0.29, 0.717) is 0 Å². The van der Waals surface area contributed by atoms with E-state index >= 15 is 0 Å². The maximum Gasteiger partial charge on any atom is 0.0737 e. The Kier molecular flexibility index (Phi) is 6.06. The van der Waals surface area contributed by atoms with E-state index in [1.54, 1.807) is 0 Å². The number of nitrogens with zero attached hydrogens (tertiary/aromatic N) is 2. The molecular weight excluding hydrogens is 599 g/mol. The third-order valence-corrected chi connectivity index (χ3v) is 10.3. The highest BCUT2D eigenvalue weighted by Gasteiger charge is 2.20. The number of aryl methyl sites for hydroxylation is 2. The molecule has 4 aromatic heterocycles. The van der Waals surface area contributed by atoms with Crippen molar-refractivity contribution in [3.8, 4) is 45.0 Å². The van der Waals surface area contributed by atoms with Crippen LogP contribution in [0.5, 0.6) is 0 Å². The quantitative estimate of drug-likeness (QED) is 0.178. The number of fused-ring (bicyclic) bond motifs is 23. The van der Waals surface area contributed by atoms with Crippen LogP contribution < -0.4 is 0 Å². The Bertz CT molecular complexity index is 2670. The first-order chi connectivity index (χ1) is 24.2. The minimum absolute atomic E-state index is 0.921. The van der Waals surface area contributed by atoms with Gasteiger partial charge in [0.15, 0.2) is 0 Å². The number of nitrogens with one attached hydrogen (secondary N) is 3. The summed E-state index contributed by atoms with van der Waals surface area (Å²) in [6.45, 7) is 4.48. The summed E-state index contributed by atoms with van der Waals surface area (Å²) < 4.78 is 0. The smallest absolute Gasteiger partial charge is 0.0737 e. The maximum atomic E-state index is 5.30. The van der Waals surface area contributed by atoms with Crippen LogP contribution in [-0.2, 0) is 12.8 Å². The normalized spacial score (nSPS) is 12.0. The lowest BCUT2D eigenvalue weighted by Crippen LogP contribution is -1.85. The van der Waals surface area contributed by atoms with E-state index in [1.165, 1.54) is 11.1 Å². The topological polar surface area (TPSA) is 73.2 Å². The minimum Gasteiger partial charge on any atom is -0.355 e. The van der Waals surface area contributed by atoms with Crippen molar-refractivity contribution in [3.05, 3.63) is 132 Å². The molecule has 0 aliphatic carbocycles. The molecule has 10 bridgehead atoms. The van der Waals surface area contributed by atoms with Gasteiger partial charge in [-0.15, -0.1) is 0 Å². The van der Waals surface area contributed by atoms with Crippen molar-refractivity contribution in [1.29, 1.82) is 0 Å². The Hall–Kier alpha value is -6.20. The van der Waals surface area contributed by atoms with Gasteiger partial charge in [-0.3, -0.25) is 0 Å². The largest absolute Gasteiger partial charge is 0.355 e. The van der Waals surface area contributed by atoms with E-state index in [9.17, 15) is 0 Å². The van der Waals surface area contributed by atoms with Crippen molar-refractivity contribution in [1.82, 2.24) is 24.9 Å². The van der Waals surface area contributed by atoms with Gasteiger partial charge >= 0.3 is 0 Å². The van der Waals surface area contributed by atoms with Crippen molar-refractivity contribution in [2.45, 2.75) is 26.7 Å². The molecule has 0 atom stereocenters. The summed E-state index contributed by atoms with van der Waals surface area (Å²) in [5.74, 6) is 0. The first kappa shape index (κ1) is 27.9. The number of hydrogen-bond acceptors (Lipinski definition) is 2. The molecule has 234 valence electrons. The molecule has 8 aromatic rings. The Balaban J connectivity index is 1.44. The van der Waals surface area contributed by atoms with Crippen molar-refractivity contribution in [3.63, 3.8) is 0 Å². The monoisotopic (exact) mass is 631 g/mol. The lowest BCUT2D eigenvalue weighted by molar-refractivity contribution is 1.07. The SMILES string of the molecule is CCc1c(CC)c2cc3nc(cc4[nH]c(c5ccccc45)c4[nH]c(cc5nc(cc1[nH]2)-c1ccccc1-5)c1ccccc14)-c1ccccc1-3. The third kappa shape index (κ3) is 4.18. The summed E-state index contributed by atoms with van der Waals surface area (Å²) in [5.41, 5.74) is 17.5. The second-order valence-corrected chi connectivity index (χ2v) is 13.0. The second-order valence-electron chi connectivity index (χ2n) is 13.0. The molecule has 0 spiro atoms. The zero-order valence-corrected chi connectivity index (χ0v) is 27.4. The summed E-state index contributed by atoms with van der Waals surface area (Å²) in [6, 6.07) is 43.3. The molecule has 0 saturated heterocycles. The molecule has 49 heavy (non-hydrogen) atoms. The molecule has 3 N–H and O–H groups in total. The number of benzene rings is 4. The third-order valence-electron chi connectivity index (χ3n) is 10.3. The molecule has 6 heterocycles. The Morgan fingerprint density at radius 3 is 1.08 bits per heavy atom. The van der Waals surface area contributed by atoms with Crippen molar-refractivity contribution in [2.75, 3.05) is 0 Å². The number of aromatic nitrogens is 5. The first-order valence-electron chi connectivity index (χ1n) is 17.1. The molecule has 0 fully saturated rings. The molecule has 5 nitrogen and oxygen atoms in total. The highest BCUT2D eigenvalue weighted by atomic mass is 14.8. The predicted molar refractivity (Wildman–Crippen MR) is 204 cm³/mol. The molecule has 0 radical (unpaired) electrons. The Morgan fingerprint density at radius 1 is 0.388 bits per heavy atom. The molecule has 0 amide bonds. The van der Waals surface area contributed by atoms with Crippen LogP contribution >= 0.6 is 0 Å². The number of rotatable bonds is 2. The van der Waals surface area contributed by atoms with E-state index in [-0.39, 0.29) is 0 Å². The van der Waals surface area contributed by atoms with Gasteiger partial charge in [0.25, 0.3) is 0 Å². The molecular formula is C44H33N5. The van der Waals surface area contributed by atoms with Gasteiger partial charge in [-0.1, -0.05) is 111 Å². The fourth-order valence-electron chi connectivity index (χ4n) is 8.05. The lowest BCUT2D eigenvalue weighted by atomic mass is 10.0. The highest BCUT2D eigenvalue weighted by Crippen LogP contribution is 2.40. The van der Waals surface area contributed by atoms with Crippen molar-refractivity contribution in [2.24, 2.45) is 0 Å². The van der Waals surface area contributed by atoms with E-state index in [1.807, 2.05) is 0 Å². The number of hydrogen-bond donors (Lipinski definition) is 3. The van der Waals surface area contributed by atoms with Gasteiger partial charge in [-0.2, -0.15) is 0 Å². The van der Waals surface area contributed by atoms with Gasteiger partial charge in [-0.25, -0.2) is 9.97 Å². The summed E-state index contributed by atoms with van der Waals surface area (Å²) in [6.07, 6.45) is 1.84. The zero-order chi connectivity index (χ0) is 32.6. The van der Waals surface area contributed by atoms with Gasteiger partial charge in [-0.05, 0) is 48.2 Å². The predicted octanol–water partition coefficient (Wildman–Crippen LogP) is 11.5. The van der Waals surface area contributed by atoms with Crippen LogP contribution in [0.4, 0.5) is 0 Å². The minimum atomic E-state index is 0.921. The molecule has 0 saturated carbocycles. The zero-order valence-electron chi connectivity index (χ0n) is 27.4. The standard InChI is InChI=1S/C44H33N5/c1-3-25-26(4-2)36-22-38-28-14-6-8-16-30(28)40(47-38)24-42-32-18-10-12-20-34(32)44(49-42)43-33-19-11-9-17-31(33)41(48-43)23-39-29-15-7-5-13-27(29)37(46-39)21-35(25)45-36/h5-24,45,48-49H,3-4H2,1-2H3. The number of H-pyrrole nitrogens is 3. The summed E-state index contributed by atoms with van der Waals surface area (Å²) in [5, 5.41) is 4.65. The van der Waals surface area contributed by atoms with Crippen LogP contribution in [0, 0.1) is 0 Å². The van der Waals surface area contributed by atoms with Gasteiger partial charge in [0, 0.05) is 65.9 Å². The fourth-order valence-corrected chi connectivity index (χ4v) is 8.05. The van der Waals surface area contributed by atoms with Crippen LogP contribution in [0.3, 0.4) is 0 Å². The van der Waals surface area contributed by atoms with Gasteiger partial charge in [0.2, 0.25) is 0 Å². The lowest BCUT2D eigenvalue weighted by Gasteiger charge is -2.00. The Labute approximate surface area is 283 Å². The molecule has 2 aliphatic heterocycles. The van der Waals surface area contributed by atoms with Crippen LogP contribution in [0.1, 0.15) is 25.0 Å². The van der Waals surface area contributed by atoms with Crippen LogP contribution in [-0.4, -0.2) is 24.9 Å². The van der Waals surface area contributed by atoms with Crippen LogP contribution in [0.2, 0.25) is 0 Å². The van der Waals surface area contributed by atoms with Gasteiger partial charge in [0.05, 0.1) is 33.8 Å². The summed E-state index contributed by atoms with van der Waals surface area (Å²) in [7, 11) is 0. The van der Waals surface area contributed by atoms with E-state index in [2.05, 4.69) is 150 Å². The molecule has 5 heteroatoms. The number of aromatic amines is 3. The Morgan fingerprint density at radius 2 is 0.714 bits per heavy atom. The maximum absolute atomic E-state index is 5.30.